The molecule has 0 aromatic heterocycles. The zero-order valence-corrected chi connectivity index (χ0v) is 12.8. The van der Waals surface area contributed by atoms with Crippen LogP contribution in [0.2, 0.25) is 5.02 Å². The molecule has 1 aromatic rings. The van der Waals surface area contributed by atoms with E-state index in [1.165, 1.54) is 18.2 Å². The Kier molecular flexibility index (Phi) is 5.97. The zero-order valence-electron chi connectivity index (χ0n) is 12.1. The lowest BCUT2D eigenvalue weighted by Crippen LogP contribution is -2.34. The number of hydrogen-bond acceptors (Lipinski definition) is 5. The van der Waals surface area contributed by atoms with E-state index < -0.39 is 4.92 Å². The number of nitro benzene ring substituents is 1. The Morgan fingerprint density at radius 1 is 1.41 bits per heavy atom. The van der Waals surface area contributed by atoms with Gasteiger partial charge in [0.1, 0.15) is 0 Å². The molecule has 0 saturated carbocycles. The van der Waals surface area contributed by atoms with Crippen molar-refractivity contribution in [3.05, 3.63) is 33.3 Å². The fraction of sp³-hybridized carbons (Fsp3) is 0.500. The average molecular weight is 328 g/mol. The first-order valence-corrected chi connectivity index (χ1v) is 7.51. The summed E-state index contributed by atoms with van der Waals surface area (Å²) in [5.41, 5.74) is -0.195. The van der Waals surface area contributed by atoms with Crippen LogP contribution in [0.4, 0.5) is 5.69 Å². The Labute approximate surface area is 133 Å². The number of nitrogens with zero attached hydrogens (tertiary/aromatic N) is 2. The van der Waals surface area contributed by atoms with E-state index in [1.807, 2.05) is 0 Å². The van der Waals surface area contributed by atoms with Crippen LogP contribution in [-0.4, -0.2) is 48.5 Å². The Hall–Kier alpha value is -1.86. The number of carbonyl (C=O) groups excluding carboxylic acids is 1. The fourth-order valence-electron chi connectivity index (χ4n) is 2.26. The first-order valence-electron chi connectivity index (χ1n) is 7.13. The van der Waals surface area contributed by atoms with Crippen molar-refractivity contribution in [3.8, 4) is 5.75 Å². The van der Waals surface area contributed by atoms with Crippen LogP contribution in [0.3, 0.4) is 0 Å². The first-order chi connectivity index (χ1) is 10.6. The molecule has 1 saturated heterocycles. The van der Waals surface area contributed by atoms with Gasteiger partial charge in [-0.1, -0.05) is 11.6 Å². The van der Waals surface area contributed by atoms with Crippen LogP contribution in [0.25, 0.3) is 0 Å². The number of amides is 1. The summed E-state index contributed by atoms with van der Waals surface area (Å²) in [7, 11) is 0. The fourth-order valence-corrected chi connectivity index (χ4v) is 2.42. The summed E-state index contributed by atoms with van der Waals surface area (Å²) in [6.45, 7) is 3.21. The molecule has 0 unspecified atom stereocenters. The quantitative estimate of drug-likeness (QED) is 0.659. The maximum Gasteiger partial charge on any atom is 0.312 e. The minimum atomic E-state index is -0.552. The van der Waals surface area contributed by atoms with E-state index in [9.17, 15) is 14.9 Å². The number of halogens is 1. The van der Waals surface area contributed by atoms with E-state index in [-0.39, 0.29) is 35.4 Å². The summed E-state index contributed by atoms with van der Waals surface area (Å²) >= 11 is 5.74. The third kappa shape index (κ3) is 4.57. The van der Waals surface area contributed by atoms with Gasteiger partial charge in [-0.2, -0.15) is 0 Å². The van der Waals surface area contributed by atoms with Gasteiger partial charge in [0.2, 0.25) is 5.91 Å². The van der Waals surface area contributed by atoms with Crippen LogP contribution in [0.15, 0.2) is 18.2 Å². The molecule has 2 rings (SSSR count). The number of nitrogens with one attached hydrogen (secondary N) is 1. The Morgan fingerprint density at radius 2 is 2.23 bits per heavy atom. The van der Waals surface area contributed by atoms with Crippen LogP contribution >= 0.6 is 11.6 Å². The minimum Gasteiger partial charge on any atom is -0.486 e. The summed E-state index contributed by atoms with van der Waals surface area (Å²) in [4.78, 5) is 24.3. The van der Waals surface area contributed by atoms with Crippen LogP contribution < -0.4 is 10.1 Å². The highest BCUT2D eigenvalue weighted by Crippen LogP contribution is 2.29. The third-order valence-corrected chi connectivity index (χ3v) is 3.62. The lowest BCUT2D eigenvalue weighted by molar-refractivity contribution is -0.385. The highest BCUT2D eigenvalue weighted by Gasteiger charge is 2.18. The van der Waals surface area contributed by atoms with E-state index in [0.29, 0.717) is 6.54 Å². The zero-order chi connectivity index (χ0) is 15.9. The van der Waals surface area contributed by atoms with Gasteiger partial charge in [-0.15, -0.1) is 0 Å². The molecular weight excluding hydrogens is 310 g/mol. The maximum atomic E-state index is 12.1. The highest BCUT2D eigenvalue weighted by atomic mass is 35.5. The van der Waals surface area contributed by atoms with Gasteiger partial charge in [-0.25, -0.2) is 0 Å². The molecule has 0 bridgehead atoms. The Bertz CT molecular complexity index is 545. The smallest absolute Gasteiger partial charge is 0.312 e. The van der Waals surface area contributed by atoms with E-state index >= 15 is 0 Å². The normalized spacial score (nSPS) is 15.2. The second-order valence-corrected chi connectivity index (χ2v) is 5.39. The molecule has 1 heterocycles. The highest BCUT2D eigenvalue weighted by molar-refractivity contribution is 6.30. The van der Waals surface area contributed by atoms with Gasteiger partial charge >= 0.3 is 5.69 Å². The van der Waals surface area contributed by atoms with Gasteiger partial charge in [0.05, 0.1) is 18.0 Å². The second kappa shape index (κ2) is 7.95. The van der Waals surface area contributed by atoms with Crippen molar-refractivity contribution in [2.75, 3.05) is 32.8 Å². The Morgan fingerprint density at radius 3 is 3.00 bits per heavy atom. The molecule has 1 aliphatic rings. The average Bonchev–Trinajstić information content (AvgIpc) is 2.77. The number of carbonyl (C=O) groups is 1. The lowest BCUT2D eigenvalue weighted by atomic mass is 10.3. The standard InChI is InChI=1S/C14H18ClN3O4/c15-11-2-3-13(12(10-11)18(20)21)22-9-4-14(19)17-7-1-5-16-6-8-17/h2-3,10,16H,1,4-9H2. The summed E-state index contributed by atoms with van der Waals surface area (Å²) in [6, 6.07) is 4.20. The van der Waals surface area contributed by atoms with Crippen molar-refractivity contribution in [3.63, 3.8) is 0 Å². The molecule has 0 atom stereocenters. The second-order valence-electron chi connectivity index (χ2n) is 4.95. The van der Waals surface area contributed by atoms with Crippen LogP contribution in [0.1, 0.15) is 12.8 Å². The predicted octanol–water partition coefficient (Wildman–Crippen LogP) is 1.84. The Balaban J connectivity index is 1.88. The molecule has 8 heteroatoms. The molecule has 0 spiro atoms. The lowest BCUT2D eigenvalue weighted by Gasteiger charge is -2.19. The molecule has 1 aromatic carbocycles. The van der Waals surface area contributed by atoms with Gasteiger partial charge in [-0.05, 0) is 25.1 Å². The van der Waals surface area contributed by atoms with Crippen molar-refractivity contribution < 1.29 is 14.5 Å². The van der Waals surface area contributed by atoms with Crippen molar-refractivity contribution in [1.82, 2.24) is 10.2 Å². The molecule has 22 heavy (non-hydrogen) atoms. The van der Waals surface area contributed by atoms with Gasteiger partial charge in [0.25, 0.3) is 0 Å². The third-order valence-electron chi connectivity index (χ3n) is 3.38. The monoisotopic (exact) mass is 327 g/mol. The first kappa shape index (κ1) is 16.5. The molecule has 1 N–H and O–H groups in total. The molecule has 0 aliphatic carbocycles. The summed E-state index contributed by atoms with van der Waals surface area (Å²) in [6.07, 6.45) is 1.12. The number of ether oxygens (including phenoxy) is 1. The maximum absolute atomic E-state index is 12.1. The molecule has 1 amide bonds. The van der Waals surface area contributed by atoms with Crippen molar-refractivity contribution in [2.24, 2.45) is 0 Å². The number of benzene rings is 1. The molecule has 1 fully saturated rings. The van der Waals surface area contributed by atoms with Crippen molar-refractivity contribution in [2.45, 2.75) is 12.8 Å². The summed E-state index contributed by atoms with van der Waals surface area (Å²) in [5, 5.41) is 14.4. The minimum absolute atomic E-state index is 0.000293. The SMILES string of the molecule is O=C(CCOc1ccc(Cl)cc1[N+](=O)[O-])N1CCCNCC1. The topological polar surface area (TPSA) is 84.7 Å². The number of nitro groups is 1. The van der Waals surface area contributed by atoms with E-state index in [4.69, 9.17) is 16.3 Å². The predicted molar refractivity (Wildman–Crippen MR) is 82.3 cm³/mol. The van der Waals surface area contributed by atoms with Crippen molar-refractivity contribution >= 4 is 23.2 Å². The number of hydrogen-bond donors (Lipinski definition) is 1. The van der Waals surface area contributed by atoms with E-state index in [1.54, 1.807) is 4.90 Å². The van der Waals surface area contributed by atoms with Gasteiger partial charge < -0.3 is 15.0 Å². The van der Waals surface area contributed by atoms with Gasteiger partial charge in [0.15, 0.2) is 5.75 Å². The van der Waals surface area contributed by atoms with Gasteiger partial charge in [0, 0.05) is 30.7 Å². The van der Waals surface area contributed by atoms with Crippen molar-refractivity contribution in [1.29, 1.82) is 0 Å². The van der Waals surface area contributed by atoms with Gasteiger partial charge in [-0.3, -0.25) is 14.9 Å². The number of rotatable bonds is 5. The largest absolute Gasteiger partial charge is 0.486 e. The summed E-state index contributed by atoms with van der Waals surface area (Å²) < 4.78 is 5.38. The molecular formula is C14H18ClN3O4. The van der Waals surface area contributed by atoms with Crippen LogP contribution in [0, 0.1) is 10.1 Å². The molecule has 0 radical (unpaired) electrons. The molecule has 7 nitrogen and oxygen atoms in total. The van der Waals surface area contributed by atoms with E-state index in [2.05, 4.69) is 5.32 Å². The van der Waals surface area contributed by atoms with Crippen LogP contribution in [0.5, 0.6) is 5.75 Å². The molecule has 120 valence electrons. The van der Waals surface area contributed by atoms with Crippen LogP contribution in [-0.2, 0) is 4.79 Å². The molecule has 1 aliphatic heterocycles. The summed E-state index contributed by atoms with van der Waals surface area (Å²) in [5.74, 6) is 0.125. The van der Waals surface area contributed by atoms with E-state index in [0.717, 1.165) is 26.1 Å².